The van der Waals surface area contributed by atoms with Crippen molar-refractivity contribution in [2.75, 3.05) is 6.61 Å². The van der Waals surface area contributed by atoms with Gasteiger partial charge in [-0.3, -0.25) is 4.79 Å². The summed E-state index contributed by atoms with van der Waals surface area (Å²) in [6.45, 7) is 8.49. The summed E-state index contributed by atoms with van der Waals surface area (Å²) < 4.78 is 0. The molecule has 1 saturated carbocycles. The molecular weight excluding hydrogens is 218 g/mol. The molecule has 1 N–H and O–H groups in total. The van der Waals surface area contributed by atoms with Crippen molar-refractivity contribution < 1.29 is 14.7 Å². The Hall–Kier alpha value is -1.32. The van der Waals surface area contributed by atoms with Crippen molar-refractivity contribution >= 4 is 12.2 Å². The summed E-state index contributed by atoms with van der Waals surface area (Å²) in [5.74, 6) is -0.900. The molecule has 0 aliphatic heterocycles. The number of allylic oxidation sites excluding steroid dienone is 2. The van der Waals surface area contributed by atoms with E-state index in [-0.39, 0.29) is 17.3 Å². The number of carboxylic acids is 1. The molecule has 0 aromatic rings. The Morgan fingerprint density at radius 2 is 2.18 bits per heavy atom. The Morgan fingerprint density at radius 3 is 2.65 bits per heavy atom. The third kappa shape index (κ3) is 3.32. The van der Waals surface area contributed by atoms with Crippen molar-refractivity contribution in [2.45, 2.75) is 34.1 Å². The second-order valence-electron chi connectivity index (χ2n) is 5.14. The van der Waals surface area contributed by atoms with Gasteiger partial charge in [-0.05, 0) is 30.3 Å². The Morgan fingerprint density at radius 1 is 1.53 bits per heavy atom. The van der Waals surface area contributed by atoms with E-state index in [0.29, 0.717) is 6.61 Å². The van der Waals surface area contributed by atoms with Crippen molar-refractivity contribution in [3.63, 3.8) is 0 Å². The molecule has 1 aliphatic carbocycles. The molecule has 1 rings (SSSR count). The van der Waals surface area contributed by atoms with Crippen molar-refractivity contribution in [1.29, 1.82) is 0 Å². The smallest absolute Gasteiger partial charge is 0.307 e. The average Bonchev–Trinajstić information content (AvgIpc) is 2.75. The van der Waals surface area contributed by atoms with E-state index >= 15 is 0 Å². The lowest BCUT2D eigenvalue weighted by Gasteiger charge is -1.98. The van der Waals surface area contributed by atoms with Gasteiger partial charge in [0.05, 0.1) is 12.1 Å². The van der Waals surface area contributed by atoms with Gasteiger partial charge in [0.1, 0.15) is 6.61 Å². The number of hydrogen-bond donors (Lipinski definition) is 1. The topological polar surface area (TPSA) is 58.9 Å². The maximum atomic E-state index is 11.0. The van der Waals surface area contributed by atoms with Gasteiger partial charge in [-0.25, -0.2) is 0 Å². The maximum Gasteiger partial charge on any atom is 0.307 e. The van der Waals surface area contributed by atoms with Crippen molar-refractivity contribution in [1.82, 2.24) is 0 Å². The van der Waals surface area contributed by atoms with Crippen molar-refractivity contribution in [2.24, 2.45) is 22.4 Å². The fourth-order valence-electron chi connectivity index (χ4n) is 2.05. The van der Waals surface area contributed by atoms with Crippen LogP contribution in [0.1, 0.15) is 34.1 Å². The van der Waals surface area contributed by atoms with Gasteiger partial charge in [-0.1, -0.05) is 32.0 Å². The van der Waals surface area contributed by atoms with Gasteiger partial charge in [0.15, 0.2) is 0 Å². The second-order valence-corrected chi connectivity index (χ2v) is 5.14. The molecule has 0 saturated heterocycles. The van der Waals surface area contributed by atoms with Crippen molar-refractivity contribution in [3.05, 3.63) is 11.6 Å². The van der Waals surface area contributed by atoms with Gasteiger partial charge in [0.25, 0.3) is 0 Å². The lowest BCUT2D eigenvalue weighted by molar-refractivity contribution is -0.139. The lowest BCUT2D eigenvalue weighted by atomic mass is 10.1. The van der Waals surface area contributed by atoms with E-state index in [4.69, 9.17) is 9.94 Å². The van der Waals surface area contributed by atoms with Gasteiger partial charge in [-0.2, -0.15) is 0 Å². The van der Waals surface area contributed by atoms with E-state index in [9.17, 15) is 4.79 Å². The highest BCUT2D eigenvalue weighted by Gasteiger charge is 2.60. The minimum absolute atomic E-state index is 0.0950. The first kappa shape index (κ1) is 13.7. The van der Waals surface area contributed by atoms with Crippen LogP contribution in [0.15, 0.2) is 16.8 Å². The van der Waals surface area contributed by atoms with Crippen LogP contribution in [0.3, 0.4) is 0 Å². The molecule has 0 amide bonds. The van der Waals surface area contributed by atoms with E-state index in [0.717, 1.165) is 12.0 Å². The van der Waals surface area contributed by atoms with Gasteiger partial charge in [0, 0.05) is 0 Å². The zero-order chi connectivity index (χ0) is 13.1. The molecule has 0 radical (unpaired) electrons. The van der Waals surface area contributed by atoms with Crippen LogP contribution in [0.2, 0.25) is 0 Å². The molecule has 4 nitrogen and oxygen atoms in total. The Balaban J connectivity index is 2.53. The van der Waals surface area contributed by atoms with Crippen LogP contribution >= 0.6 is 0 Å². The highest BCUT2D eigenvalue weighted by atomic mass is 16.6. The SMILES string of the molecule is CCCO/N=C/C(C)=C/C1[C@@H](C(=O)O)C1(C)C. The summed E-state index contributed by atoms with van der Waals surface area (Å²) in [4.78, 5) is 16.0. The van der Waals surface area contributed by atoms with E-state index in [1.165, 1.54) is 0 Å². The van der Waals surface area contributed by atoms with Crippen LogP contribution in [0, 0.1) is 17.3 Å². The Labute approximate surface area is 102 Å². The maximum absolute atomic E-state index is 11.0. The number of hydrogen-bond acceptors (Lipinski definition) is 3. The summed E-state index contributed by atoms with van der Waals surface area (Å²) in [6.07, 6.45) is 4.54. The lowest BCUT2D eigenvalue weighted by Crippen LogP contribution is -2.03. The van der Waals surface area contributed by atoms with Gasteiger partial charge in [0.2, 0.25) is 0 Å². The van der Waals surface area contributed by atoms with E-state index in [1.54, 1.807) is 6.21 Å². The Bertz CT molecular complexity index is 345. The molecule has 1 unspecified atom stereocenters. The molecule has 96 valence electrons. The van der Waals surface area contributed by atoms with Gasteiger partial charge < -0.3 is 9.94 Å². The average molecular weight is 239 g/mol. The van der Waals surface area contributed by atoms with E-state index < -0.39 is 5.97 Å². The number of carboxylic acid groups (broad SMARTS) is 1. The first-order chi connectivity index (χ1) is 7.91. The molecule has 0 heterocycles. The molecule has 0 aromatic heterocycles. The standard InChI is InChI=1S/C13H21NO3/c1-5-6-17-14-8-9(2)7-10-11(12(15)16)13(10,3)4/h7-8,10-11H,5-6H2,1-4H3,(H,15,16)/b9-7+,14-8+/t10?,11-/m0/s1. The van der Waals surface area contributed by atoms with Crippen LogP contribution in [-0.2, 0) is 9.63 Å². The first-order valence-corrected chi connectivity index (χ1v) is 5.97. The minimum atomic E-state index is -0.719. The summed E-state index contributed by atoms with van der Waals surface area (Å²) in [7, 11) is 0. The molecular formula is C13H21NO3. The minimum Gasteiger partial charge on any atom is -0.481 e. The van der Waals surface area contributed by atoms with Crippen LogP contribution in [-0.4, -0.2) is 23.9 Å². The summed E-state index contributed by atoms with van der Waals surface area (Å²) >= 11 is 0. The number of rotatable bonds is 6. The van der Waals surface area contributed by atoms with Crippen LogP contribution in [0.4, 0.5) is 0 Å². The molecule has 4 heteroatoms. The monoisotopic (exact) mass is 239 g/mol. The normalized spacial score (nSPS) is 27.2. The number of nitrogens with zero attached hydrogens (tertiary/aromatic N) is 1. The quantitative estimate of drug-likeness (QED) is 0.440. The van der Waals surface area contributed by atoms with Gasteiger partial charge in [-0.15, -0.1) is 0 Å². The molecule has 1 fully saturated rings. The number of carbonyl (C=O) groups is 1. The summed E-state index contributed by atoms with van der Waals surface area (Å²) in [6, 6.07) is 0. The van der Waals surface area contributed by atoms with E-state index in [2.05, 4.69) is 5.16 Å². The summed E-state index contributed by atoms with van der Waals surface area (Å²) in [5, 5.41) is 12.8. The fraction of sp³-hybridized carbons (Fsp3) is 0.692. The molecule has 1 aliphatic rings. The highest BCUT2D eigenvalue weighted by molar-refractivity contribution is 5.80. The highest BCUT2D eigenvalue weighted by Crippen LogP contribution is 2.59. The molecule has 0 bridgehead atoms. The fourth-order valence-corrected chi connectivity index (χ4v) is 2.05. The van der Waals surface area contributed by atoms with E-state index in [1.807, 2.05) is 33.8 Å². The van der Waals surface area contributed by atoms with Crippen molar-refractivity contribution in [3.8, 4) is 0 Å². The van der Waals surface area contributed by atoms with Crippen LogP contribution < -0.4 is 0 Å². The molecule has 0 spiro atoms. The molecule has 2 atom stereocenters. The number of oxime groups is 1. The second kappa shape index (κ2) is 5.34. The molecule has 17 heavy (non-hydrogen) atoms. The van der Waals surface area contributed by atoms with Gasteiger partial charge >= 0.3 is 5.97 Å². The molecule has 0 aromatic carbocycles. The third-order valence-corrected chi connectivity index (χ3v) is 3.25. The zero-order valence-electron chi connectivity index (χ0n) is 10.9. The summed E-state index contributed by atoms with van der Waals surface area (Å²) in [5.41, 5.74) is 0.800. The predicted molar refractivity (Wildman–Crippen MR) is 66.9 cm³/mol. The van der Waals surface area contributed by atoms with Crippen LogP contribution in [0.5, 0.6) is 0 Å². The first-order valence-electron chi connectivity index (χ1n) is 5.97. The largest absolute Gasteiger partial charge is 0.481 e. The number of aliphatic carboxylic acids is 1. The van der Waals surface area contributed by atoms with Crippen LogP contribution in [0.25, 0.3) is 0 Å². The predicted octanol–water partition coefficient (Wildman–Crippen LogP) is 2.70. The Kier molecular flexibility index (Phi) is 4.32. The zero-order valence-corrected chi connectivity index (χ0v) is 10.9. The third-order valence-electron chi connectivity index (χ3n) is 3.25.